The molecule has 2 aromatic rings. The standard InChI is InChI=1S/C20H25NO5S/c1-12-8-13(2)16(5)20(15(12)4)27(23,24)21-7-6-17(11-21)26-18-9-14(3)25-19(22)10-18/h8-10,17H,6-7,11H2,1-5H3. The van der Waals surface area contributed by atoms with Gasteiger partial charge >= 0.3 is 5.63 Å². The molecule has 2 heterocycles. The van der Waals surface area contributed by atoms with Gasteiger partial charge in [-0.2, -0.15) is 4.31 Å². The Hall–Kier alpha value is -2.12. The fourth-order valence-corrected chi connectivity index (χ4v) is 5.61. The van der Waals surface area contributed by atoms with Gasteiger partial charge in [0.15, 0.2) is 0 Å². The van der Waals surface area contributed by atoms with Crippen LogP contribution in [0.15, 0.2) is 32.3 Å². The molecule has 27 heavy (non-hydrogen) atoms. The molecule has 1 aliphatic heterocycles. The first kappa shape index (κ1) is 19.6. The molecule has 1 aromatic heterocycles. The topological polar surface area (TPSA) is 76.8 Å². The zero-order valence-electron chi connectivity index (χ0n) is 16.3. The molecule has 146 valence electrons. The van der Waals surface area contributed by atoms with Crippen molar-refractivity contribution in [1.82, 2.24) is 4.31 Å². The van der Waals surface area contributed by atoms with E-state index in [9.17, 15) is 13.2 Å². The number of sulfonamides is 1. The van der Waals surface area contributed by atoms with E-state index in [0.717, 1.165) is 22.3 Å². The highest BCUT2D eigenvalue weighted by molar-refractivity contribution is 7.89. The normalized spacial score (nSPS) is 18.0. The zero-order chi connectivity index (χ0) is 19.9. The van der Waals surface area contributed by atoms with Crippen molar-refractivity contribution in [2.75, 3.05) is 13.1 Å². The Bertz CT molecular complexity index is 1010. The van der Waals surface area contributed by atoms with Gasteiger partial charge in [-0.25, -0.2) is 13.2 Å². The maximum Gasteiger partial charge on any atom is 0.339 e. The number of aryl methyl sites for hydroxylation is 3. The van der Waals surface area contributed by atoms with E-state index in [1.165, 1.54) is 10.4 Å². The van der Waals surface area contributed by atoms with Gasteiger partial charge < -0.3 is 9.15 Å². The van der Waals surface area contributed by atoms with E-state index in [4.69, 9.17) is 9.15 Å². The Balaban J connectivity index is 1.85. The Morgan fingerprint density at radius 1 is 1.04 bits per heavy atom. The van der Waals surface area contributed by atoms with Gasteiger partial charge in [0, 0.05) is 12.6 Å². The molecule has 1 aromatic carbocycles. The summed E-state index contributed by atoms with van der Waals surface area (Å²) in [6, 6.07) is 4.93. The second-order valence-electron chi connectivity index (χ2n) is 7.20. The molecule has 0 saturated carbocycles. The van der Waals surface area contributed by atoms with Crippen LogP contribution in [0, 0.1) is 34.6 Å². The van der Waals surface area contributed by atoms with E-state index in [0.29, 0.717) is 29.4 Å². The molecule has 0 bridgehead atoms. The second kappa shape index (κ2) is 7.13. The summed E-state index contributed by atoms with van der Waals surface area (Å²) in [5.41, 5.74) is 3.04. The summed E-state index contributed by atoms with van der Waals surface area (Å²) in [7, 11) is -3.61. The Morgan fingerprint density at radius 3 is 2.26 bits per heavy atom. The van der Waals surface area contributed by atoms with E-state index in [1.807, 2.05) is 33.8 Å². The van der Waals surface area contributed by atoms with Gasteiger partial charge in [-0.1, -0.05) is 6.07 Å². The van der Waals surface area contributed by atoms with Gasteiger partial charge in [0.2, 0.25) is 10.0 Å². The highest BCUT2D eigenvalue weighted by Gasteiger charge is 2.36. The quantitative estimate of drug-likeness (QED) is 0.801. The molecule has 7 heteroatoms. The molecule has 0 amide bonds. The molecule has 1 unspecified atom stereocenters. The van der Waals surface area contributed by atoms with Crippen LogP contribution in [-0.4, -0.2) is 31.9 Å². The fraction of sp³-hybridized carbons (Fsp3) is 0.450. The van der Waals surface area contributed by atoms with Crippen LogP contribution in [0.4, 0.5) is 0 Å². The first-order valence-electron chi connectivity index (χ1n) is 8.95. The molecular weight excluding hydrogens is 366 g/mol. The van der Waals surface area contributed by atoms with Gasteiger partial charge in [-0.15, -0.1) is 0 Å². The lowest BCUT2D eigenvalue weighted by atomic mass is 10.0. The minimum Gasteiger partial charge on any atom is -0.489 e. The summed E-state index contributed by atoms with van der Waals surface area (Å²) in [6.45, 7) is 9.88. The van der Waals surface area contributed by atoms with Gasteiger partial charge in [-0.3, -0.25) is 0 Å². The van der Waals surface area contributed by atoms with Crippen LogP contribution in [0.2, 0.25) is 0 Å². The third-order valence-corrected chi connectivity index (χ3v) is 7.31. The maximum absolute atomic E-state index is 13.3. The van der Waals surface area contributed by atoms with E-state index in [1.54, 1.807) is 13.0 Å². The van der Waals surface area contributed by atoms with Crippen molar-refractivity contribution in [3.05, 3.63) is 56.6 Å². The summed E-state index contributed by atoms with van der Waals surface area (Å²) in [5, 5.41) is 0. The summed E-state index contributed by atoms with van der Waals surface area (Å²) in [5.74, 6) is 0.869. The summed E-state index contributed by atoms with van der Waals surface area (Å²) >= 11 is 0. The number of hydrogen-bond acceptors (Lipinski definition) is 5. The monoisotopic (exact) mass is 391 g/mol. The number of hydrogen-bond donors (Lipinski definition) is 0. The molecule has 0 radical (unpaired) electrons. The Labute approximate surface area is 159 Å². The molecule has 1 atom stereocenters. The lowest BCUT2D eigenvalue weighted by Gasteiger charge is -2.22. The van der Waals surface area contributed by atoms with Crippen molar-refractivity contribution < 1.29 is 17.6 Å². The van der Waals surface area contributed by atoms with Crippen LogP contribution in [0.25, 0.3) is 0 Å². The van der Waals surface area contributed by atoms with Gasteiger partial charge in [0.25, 0.3) is 0 Å². The lowest BCUT2D eigenvalue weighted by molar-refractivity contribution is 0.213. The van der Waals surface area contributed by atoms with Crippen molar-refractivity contribution in [3.8, 4) is 5.75 Å². The maximum atomic E-state index is 13.3. The van der Waals surface area contributed by atoms with E-state index in [2.05, 4.69) is 0 Å². The van der Waals surface area contributed by atoms with Crippen molar-refractivity contribution in [2.24, 2.45) is 0 Å². The molecule has 0 spiro atoms. The minimum absolute atomic E-state index is 0.257. The third kappa shape index (κ3) is 3.80. The second-order valence-corrected chi connectivity index (χ2v) is 9.08. The zero-order valence-corrected chi connectivity index (χ0v) is 17.1. The van der Waals surface area contributed by atoms with Crippen LogP contribution in [0.5, 0.6) is 5.75 Å². The van der Waals surface area contributed by atoms with Crippen LogP contribution >= 0.6 is 0 Å². The molecular formula is C20H25NO5S. The van der Waals surface area contributed by atoms with Crippen LogP contribution in [-0.2, 0) is 10.0 Å². The lowest BCUT2D eigenvalue weighted by Crippen LogP contribution is -2.32. The largest absolute Gasteiger partial charge is 0.489 e. The average molecular weight is 391 g/mol. The predicted octanol–water partition coefficient (Wildman–Crippen LogP) is 3.02. The molecule has 0 N–H and O–H groups in total. The molecule has 3 rings (SSSR count). The van der Waals surface area contributed by atoms with Crippen LogP contribution < -0.4 is 10.4 Å². The number of benzene rings is 1. The number of ether oxygens (including phenoxy) is 1. The summed E-state index contributed by atoms with van der Waals surface area (Å²) < 4.78 is 38.8. The fourth-order valence-electron chi connectivity index (χ4n) is 3.55. The predicted molar refractivity (Wildman–Crippen MR) is 103 cm³/mol. The molecule has 6 nitrogen and oxygen atoms in total. The number of rotatable bonds is 4. The first-order chi connectivity index (χ1) is 12.6. The van der Waals surface area contributed by atoms with E-state index >= 15 is 0 Å². The van der Waals surface area contributed by atoms with E-state index in [-0.39, 0.29) is 12.6 Å². The smallest absolute Gasteiger partial charge is 0.339 e. The molecule has 1 aliphatic rings. The first-order valence-corrected chi connectivity index (χ1v) is 10.4. The van der Waals surface area contributed by atoms with Crippen molar-refractivity contribution in [1.29, 1.82) is 0 Å². The third-order valence-electron chi connectivity index (χ3n) is 5.17. The average Bonchev–Trinajstić information content (AvgIpc) is 3.01. The van der Waals surface area contributed by atoms with Crippen LogP contribution in [0.3, 0.4) is 0 Å². The molecule has 1 saturated heterocycles. The highest BCUT2D eigenvalue weighted by atomic mass is 32.2. The van der Waals surface area contributed by atoms with Crippen molar-refractivity contribution in [2.45, 2.75) is 52.0 Å². The Kier molecular flexibility index (Phi) is 5.18. The van der Waals surface area contributed by atoms with Gasteiger partial charge in [0.1, 0.15) is 17.6 Å². The molecule has 1 fully saturated rings. The number of nitrogens with zero attached hydrogens (tertiary/aromatic N) is 1. The van der Waals surface area contributed by atoms with Gasteiger partial charge in [-0.05, 0) is 63.3 Å². The summed E-state index contributed by atoms with van der Waals surface area (Å²) in [4.78, 5) is 11.9. The highest BCUT2D eigenvalue weighted by Crippen LogP contribution is 2.31. The van der Waals surface area contributed by atoms with E-state index < -0.39 is 15.6 Å². The summed E-state index contributed by atoms with van der Waals surface area (Å²) in [6.07, 6.45) is 0.272. The van der Waals surface area contributed by atoms with Crippen LogP contribution in [0.1, 0.15) is 34.4 Å². The van der Waals surface area contributed by atoms with Crippen molar-refractivity contribution >= 4 is 10.0 Å². The Morgan fingerprint density at radius 2 is 1.67 bits per heavy atom. The van der Waals surface area contributed by atoms with Crippen molar-refractivity contribution in [3.63, 3.8) is 0 Å². The molecule has 0 aliphatic carbocycles. The SMILES string of the molecule is Cc1cc(OC2CCN(S(=O)(=O)c3c(C)c(C)cc(C)c3C)C2)cc(=O)o1. The minimum atomic E-state index is -3.61. The van der Waals surface area contributed by atoms with Gasteiger partial charge in [0.05, 0.1) is 17.5 Å².